The van der Waals surface area contributed by atoms with Crippen LogP contribution in [0.15, 0.2) is 24.3 Å². The zero-order valence-corrected chi connectivity index (χ0v) is 11.7. The van der Waals surface area contributed by atoms with E-state index in [9.17, 15) is 4.39 Å². The van der Waals surface area contributed by atoms with Crippen molar-refractivity contribution in [2.75, 3.05) is 26.2 Å². The molecule has 3 nitrogen and oxygen atoms in total. The third kappa shape index (κ3) is 4.27. The average Bonchev–Trinajstić information content (AvgIpc) is 2.41. The lowest BCUT2D eigenvalue weighted by atomic mass is 10.2. The van der Waals surface area contributed by atoms with Crippen LogP contribution in [0, 0.1) is 5.82 Å². The van der Waals surface area contributed by atoms with E-state index in [-0.39, 0.29) is 11.9 Å². The van der Waals surface area contributed by atoms with Crippen molar-refractivity contribution < 1.29 is 9.13 Å². The van der Waals surface area contributed by atoms with E-state index in [0.29, 0.717) is 18.2 Å². The van der Waals surface area contributed by atoms with Crippen LogP contribution >= 0.6 is 0 Å². The van der Waals surface area contributed by atoms with E-state index in [0.717, 1.165) is 26.2 Å². The molecule has 1 N–H and O–H groups in total. The lowest BCUT2D eigenvalue weighted by Gasteiger charge is -2.35. The van der Waals surface area contributed by atoms with Crippen molar-refractivity contribution in [3.63, 3.8) is 0 Å². The SMILES string of the molecule is CC(C)N1CCOC(CNCc2ccccc2F)C1. The number of benzene rings is 1. The average molecular weight is 266 g/mol. The number of nitrogens with zero attached hydrogens (tertiary/aromatic N) is 1. The van der Waals surface area contributed by atoms with Crippen LogP contribution in [0.5, 0.6) is 0 Å². The van der Waals surface area contributed by atoms with Crippen LogP contribution in [0.2, 0.25) is 0 Å². The largest absolute Gasteiger partial charge is 0.374 e. The number of ether oxygens (including phenoxy) is 1. The molecular formula is C15H23FN2O. The number of morpholine rings is 1. The van der Waals surface area contributed by atoms with Crippen LogP contribution in [0.3, 0.4) is 0 Å². The Morgan fingerprint density at radius 1 is 1.42 bits per heavy atom. The van der Waals surface area contributed by atoms with Crippen LogP contribution in [0.4, 0.5) is 4.39 Å². The fourth-order valence-corrected chi connectivity index (χ4v) is 2.34. The predicted molar refractivity (Wildman–Crippen MR) is 74.6 cm³/mol. The molecule has 1 aliphatic rings. The van der Waals surface area contributed by atoms with E-state index in [1.807, 2.05) is 12.1 Å². The molecule has 1 heterocycles. The Hall–Kier alpha value is -0.970. The normalized spacial score (nSPS) is 20.9. The van der Waals surface area contributed by atoms with Crippen molar-refractivity contribution in [2.24, 2.45) is 0 Å². The second-order valence-corrected chi connectivity index (χ2v) is 5.30. The van der Waals surface area contributed by atoms with Crippen LogP contribution < -0.4 is 5.32 Å². The van der Waals surface area contributed by atoms with Gasteiger partial charge in [0.15, 0.2) is 0 Å². The first-order valence-corrected chi connectivity index (χ1v) is 6.96. The second kappa shape index (κ2) is 6.98. The third-order valence-electron chi connectivity index (χ3n) is 3.55. The number of hydrogen-bond donors (Lipinski definition) is 1. The van der Waals surface area contributed by atoms with E-state index >= 15 is 0 Å². The maximum atomic E-state index is 13.4. The Bertz CT molecular complexity index is 397. The number of halogens is 1. The van der Waals surface area contributed by atoms with E-state index in [2.05, 4.69) is 24.1 Å². The molecule has 0 saturated carbocycles. The van der Waals surface area contributed by atoms with Crippen molar-refractivity contribution in [2.45, 2.75) is 32.5 Å². The van der Waals surface area contributed by atoms with Crippen LogP contribution in [-0.4, -0.2) is 43.3 Å². The summed E-state index contributed by atoms with van der Waals surface area (Å²) in [4.78, 5) is 2.42. The summed E-state index contributed by atoms with van der Waals surface area (Å²) < 4.78 is 19.2. The summed E-state index contributed by atoms with van der Waals surface area (Å²) in [6.45, 7) is 8.45. The molecule has 1 unspecified atom stereocenters. The van der Waals surface area contributed by atoms with Gasteiger partial charge in [-0.25, -0.2) is 4.39 Å². The van der Waals surface area contributed by atoms with Crippen LogP contribution in [0.25, 0.3) is 0 Å². The number of nitrogens with one attached hydrogen (secondary N) is 1. The molecule has 1 fully saturated rings. The van der Waals surface area contributed by atoms with E-state index in [4.69, 9.17) is 4.74 Å². The van der Waals surface area contributed by atoms with Gasteiger partial charge in [-0.2, -0.15) is 0 Å². The molecule has 1 aromatic rings. The molecule has 0 bridgehead atoms. The van der Waals surface area contributed by atoms with Crippen molar-refractivity contribution in [3.8, 4) is 0 Å². The van der Waals surface area contributed by atoms with Gasteiger partial charge >= 0.3 is 0 Å². The monoisotopic (exact) mass is 266 g/mol. The van der Waals surface area contributed by atoms with Gasteiger partial charge in [-0.15, -0.1) is 0 Å². The first-order chi connectivity index (χ1) is 9.16. The first kappa shape index (κ1) is 14.4. The molecule has 2 rings (SSSR count). The molecular weight excluding hydrogens is 243 g/mol. The third-order valence-corrected chi connectivity index (χ3v) is 3.55. The summed E-state index contributed by atoms with van der Waals surface area (Å²) >= 11 is 0. The topological polar surface area (TPSA) is 24.5 Å². The van der Waals surface area contributed by atoms with E-state index in [1.54, 1.807) is 6.07 Å². The van der Waals surface area contributed by atoms with Gasteiger partial charge in [-0.1, -0.05) is 18.2 Å². The quantitative estimate of drug-likeness (QED) is 0.882. The molecule has 1 saturated heterocycles. The smallest absolute Gasteiger partial charge is 0.127 e. The standard InChI is InChI=1S/C15H23FN2O/c1-12(2)18-7-8-19-14(11-18)10-17-9-13-5-3-4-6-15(13)16/h3-6,12,14,17H,7-11H2,1-2H3. The number of hydrogen-bond acceptors (Lipinski definition) is 3. The summed E-state index contributed by atoms with van der Waals surface area (Å²) in [5.74, 6) is -0.150. The van der Waals surface area contributed by atoms with Gasteiger partial charge in [0, 0.05) is 37.8 Å². The summed E-state index contributed by atoms with van der Waals surface area (Å²) in [5, 5.41) is 3.28. The summed E-state index contributed by atoms with van der Waals surface area (Å²) in [7, 11) is 0. The van der Waals surface area contributed by atoms with Gasteiger partial charge in [-0.05, 0) is 19.9 Å². The van der Waals surface area contributed by atoms with Crippen molar-refractivity contribution in [3.05, 3.63) is 35.6 Å². The minimum Gasteiger partial charge on any atom is -0.374 e. The Labute approximate surface area is 114 Å². The lowest BCUT2D eigenvalue weighted by molar-refractivity contribution is -0.0372. The highest BCUT2D eigenvalue weighted by Crippen LogP contribution is 2.09. The maximum absolute atomic E-state index is 13.4. The van der Waals surface area contributed by atoms with Crippen LogP contribution in [0.1, 0.15) is 19.4 Å². The first-order valence-electron chi connectivity index (χ1n) is 6.96. The Kier molecular flexibility index (Phi) is 5.31. The maximum Gasteiger partial charge on any atom is 0.127 e. The second-order valence-electron chi connectivity index (χ2n) is 5.30. The van der Waals surface area contributed by atoms with Gasteiger partial charge < -0.3 is 10.1 Å². The molecule has 1 atom stereocenters. The van der Waals surface area contributed by atoms with E-state index in [1.165, 1.54) is 6.07 Å². The zero-order chi connectivity index (χ0) is 13.7. The van der Waals surface area contributed by atoms with Gasteiger partial charge in [0.25, 0.3) is 0 Å². The molecule has 106 valence electrons. The van der Waals surface area contributed by atoms with Crippen molar-refractivity contribution in [1.29, 1.82) is 0 Å². The zero-order valence-electron chi connectivity index (χ0n) is 11.7. The molecule has 4 heteroatoms. The fourth-order valence-electron chi connectivity index (χ4n) is 2.34. The molecule has 1 aromatic carbocycles. The molecule has 19 heavy (non-hydrogen) atoms. The van der Waals surface area contributed by atoms with Crippen molar-refractivity contribution >= 4 is 0 Å². The molecule has 1 aliphatic heterocycles. The molecule has 0 spiro atoms. The highest BCUT2D eigenvalue weighted by atomic mass is 19.1. The molecule has 0 aliphatic carbocycles. The van der Waals surface area contributed by atoms with Gasteiger partial charge in [0.05, 0.1) is 12.7 Å². The summed E-state index contributed by atoms with van der Waals surface area (Å²) in [6.07, 6.45) is 0.197. The molecule has 0 aromatic heterocycles. The van der Waals surface area contributed by atoms with Gasteiger partial charge in [0.2, 0.25) is 0 Å². The lowest BCUT2D eigenvalue weighted by Crippen LogP contribution is -2.49. The highest BCUT2D eigenvalue weighted by molar-refractivity contribution is 5.16. The fraction of sp³-hybridized carbons (Fsp3) is 0.600. The van der Waals surface area contributed by atoms with Crippen LogP contribution in [-0.2, 0) is 11.3 Å². The number of rotatable bonds is 5. The van der Waals surface area contributed by atoms with Gasteiger partial charge in [-0.3, -0.25) is 4.90 Å². The Morgan fingerprint density at radius 3 is 2.95 bits per heavy atom. The highest BCUT2D eigenvalue weighted by Gasteiger charge is 2.21. The summed E-state index contributed by atoms with van der Waals surface area (Å²) in [5.41, 5.74) is 0.707. The molecule has 0 amide bonds. The Balaban J connectivity index is 1.75. The Morgan fingerprint density at radius 2 is 2.21 bits per heavy atom. The predicted octanol–water partition coefficient (Wildman–Crippen LogP) is 2.02. The minimum absolute atomic E-state index is 0.150. The van der Waals surface area contributed by atoms with Gasteiger partial charge in [0.1, 0.15) is 5.82 Å². The van der Waals surface area contributed by atoms with Crippen molar-refractivity contribution in [1.82, 2.24) is 10.2 Å². The summed E-state index contributed by atoms with van der Waals surface area (Å²) in [6, 6.07) is 7.43. The van der Waals surface area contributed by atoms with E-state index < -0.39 is 0 Å². The molecule has 0 radical (unpaired) electrons. The minimum atomic E-state index is -0.150.